The zero-order valence-corrected chi connectivity index (χ0v) is 10.4. The molecule has 0 spiro atoms. The highest BCUT2D eigenvalue weighted by atomic mass is 16.5. The van der Waals surface area contributed by atoms with Crippen molar-refractivity contribution in [2.75, 3.05) is 19.7 Å². The van der Waals surface area contributed by atoms with Crippen LogP contribution in [-0.4, -0.2) is 48.3 Å². The predicted molar refractivity (Wildman–Crippen MR) is 62.1 cm³/mol. The number of ether oxygens (including phenoxy) is 1. The van der Waals surface area contributed by atoms with Gasteiger partial charge < -0.3 is 10.1 Å². The molecule has 0 aromatic rings. The smallest absolute Gasteiger partial charge is 0.0728 e. The third-order valence-electron chi connectivity index (χ3n) is 4.27. The van der Waals surface area contributed by atoms with Crippen LogP contribution in [-0.2, 0) is 4.74 Å². The second-order valence-corrected chi connectivity index (χ2v) is 5.43. The van der Waals surface area contributed by atoms with Crippen LogP contribution in [0.1, 0.15) is 34.1 Å². The van der Waals surface area contributed by atoms with Gasteiger partial charge in [0.1, 0.15) is 0 Å². The topological polar surface area (TPSA) is 24.5 Å². The molecule has 0 aromatic heterocycles. The molecule has 2 fully saturated rings. The van der Waals surface area contributed by atoms with Gasteiger partial charge in [-0.1, -0.05) is 0 Å². The summed E-state index contributed by atoms with van der Waals surface area (Å²) in [4.78, 5) is 2.64. The van der Waals surface area contributed by atoms with Gasteiger partial charge in [-0.2, -0.15) is 0 Å². The van der Waals surface area contributed by atoms with Crippen molar-refractivity contribution in [2.45, 2.75) is 57.8 Å². The summed E-state index contributed by atoms with van der Waals surface area (Å²) in [5.74, 6) is 0. The van der Waals surface area contributed by atoms with E-state index in [1.165, 1.54) is 6.42 Å². The van der Waals surface area contributed by atoms with Crippen LogP contribution >= 0.6 is 0 Å². The second kappa shape index (κ2) is 4.04. The van der Waals surface area contributed by atoms with Crippen molar-refractivity contribution < 1.29 is 4.74 Å². The molecule has 0 saturated carbocycles. The van der Waals surface area contributed by atoms with Crippen molar-refractivity contribution >= 4 is 0 Å². The Morgan fingerprint density at radius 3 is 2.67 bits per heavy atom. The molecule has 2 aliphatic rings. The fourth-order valence-corrected chi connectivity index (χ4v) is 2.94. The van der Waals surface area contributed by atoms with Crippen LogP contribution in [0.3, 0.4) is 0 Å². The van der Waals surface area contributed by atoms with Crippen molar-refractivity contribution in [1.29, 1.82) is 0 Å². The fraction of sp³-hybridized carbons (Fsp3) is 1.00. The summed E-state index contributed by atoms with van der Waals surface area (Å²) in [6.07, 6.45) is 1.54. The lowest BCUT2D eigenvalue weighted by Gasteiger charge is -2.48. The van der Waals surface area contributed by atoms with E-state index in [9.17, 15) is 0 Å². The minimum atomic E-state index is 0.246. The third kappa shape index (κ3) is 1.93. The zero-order chi connectivity index (χ0) is 11.1. The van der Waals surface area contributed by atoms with E-state index < -0.39 is 0 Å². The standard InChI is InChI=1S/C12H24N2O/c1-9-8-14(10(2)7-13-9)12(4)5-6-15-11(12)3/h9-11,13H,5-8H2,1-4H3. The molecule has 0 amide bonds. The second-order valence-electron chi connectivity index (χ2n) is 5.43. The number of nitrogens with zero attached hydrogens (tertiary/aromatic N) is 1. The van der Waals surface area contributed by atoms with Gasteiger partial charge in [-0.3, -0.25) is 4.90 Å². The van der Waals surface area contributed by atoms with Crippen LogP contribution in [0.4, 0.5) is 0 Å². The first-order chi connectivity index (χ1) is 7.04. The summed E-state index contributed by atoms with van der Waals surface area (Å²) < 4.78 is 5.74. The number of hydrogen-bond donors (Lipinski definition) is 1. The van der Waals surface area contributed by atoms with Gasteiger partial charge >= 0.3 is 0 Å². The van der Waals surface area contributed by atoms with Crippen molar-refractivity contribution in [2.24, 2.45) is 0 Å². The van der Waals surface area contributed by atoms with E-state index in [2.05, 4.69) is 37.9 Å². The van der Waals surface area contributed by atoms with E-state index >= 15 is 0 Å². The van der Waals surface area contributed by atoms with Crippen molar-refractivity contribution in [3.63, 3.8) is 0 Å². The van der Waals surface area contributed by atoms with Gasteiger partial charge in [-0.25, -0.2) is 0 Å². The Labute approximate surface area is 93.2 Å². The maximum Gasteiger partial charge on any atom is 0.0728 e. The molecular weight excluding hydrogens is 188 g/mol. The molecule has 4 unspecified atom stereocenters. The molecule has 2 heterocycles. The minimum absolute atomic E-state index is 0.246. The van der Waals surface area contributed by atoms with Gasteiger partial charge in [0.25, 0.3) is 0 Å². The Balaban J connectivity index is 2.13. The summed E-state index contributed by atoms with van der Waals surface area (Å²) in [6.45, 7) is 12.3. The van der Waals surface area contributed by atoms with E-state index in [4.69, 9.17) is 4.74 Å². The molecule has 2 saturated heterocycles. The van der Waals surface area contributed by atoms with Crippen LogP contribution in [0.2, 0.25) is 0 Å². The molecule has 0 aromatic carbocycles. The van der Waals surface area contributed by atoms with Gasteiger partial charge in [0, 0.05) is 37.3 Å². The van der Waals surface area contributed by atoms with E-state index in [0.717, 1.165) is 19.7 Å². The molecule has 0 bridgehead atoms. The highest BCUT2D eigenvalue weighted by Crippen LogP contribution is 2.34. The maximum atomic E-state index is 5.74. The van der Waals surface area contributed by atoms with Gasteiger partial charge in [-0.05, 0) is 34.1 Å². The van der Waals surface area contributed by atoms with Gasteiger partial charge in [0.2, 0.25) is 0 Å². The Bertz CT molecular complexity index is 234. The first kappa shape index (κ1) is 11.4. The van der Waals surface area contributed by atoms with Crippen LogP contribution in [0.5, 0.6) is 0 Å². The first-order valence-corrected chi connectivity index (χ1v) is 6.16. The number of piperazine rings is 1. The summed E-state index contributed by atoms with van der Waals surface area (Å²) in [5, 5.41) is 3.53. The van der Waals surface area contributed by atoms with Crippen LogP contribution in [0.25, 0.3) is 0 Å². The van der Waals surface area contributed by atoms with E-state index in [-0.39, 0.29) is 5.54 Å². The average molecular weight is 212 g/mol. The maximum absolute atomic E-state index is 5.74. The quantitative estimate of drug-likeness (QED) is 0.707. The Morgan fingerprint density at radius 2 is 2.07 bits per heavy atom. The van der Waals surface area contributed by atoms with Crippen LogP contribution in [0, 0.1) is 0 Å². The van der Waals surface area contributed by atoms with Crippen molar-refractivity contribution in [1.82, 2.24) is 10.2 Å². The van der Waals surface area contributed by atoms with Crippen LogP contribution < -0.4 is 5.32 Å². The molecule has 88 valence electrons. The minimum Gasteiger partial charge on any atom is -0.377 e. The van der Waals surface area contributed by atoms with Gasteiger partial charge in [0.05, 0.1) is 6.10 Å². The Hall–Kier alpha value is -0.120. The molecule has 15 heavy (non-hydrogen) atoms. The Kier molecular flexibility index (Phi) is 3.06. The molecule has 2 rings (SSSR count). The molecule has 3 nitrogen and oxygen atoms in total. The van der Waals surface area contributed by atoms with E-state index in [0.29, 0.717) is 18.2 Å². The van der Waals surface area contributed by atoms with Gasteiger partial charge in [0.15, 0.2) is 0 Å². The lowest BCUT2D eigenvalue weighted by Crippen LogP contribution is -2.64. The highest BCUT2D eigenvalue weighted by molar-refractivity contribution is 5.00. The summed E-state index contributed by atoms with van der Waals surface area (Å²) >= 11 is 0. The van der Waals surface area contributed by atoms with Crippen molar-refractivity contribution in [3.05, 3.63) is 0 Å². The fourth-order valence-electron chi connectivity index (χ4n) is 2.94. The Morgan fingerprint density at radius 1 is 1.33 bits per heavy atom. The largest absolute Gasteiger partial charge is 0.377 e. The lowest BCUT2D eigenvalue weighted by atomic mass is 9.89. The van der Waals surface area contributed by atoms with Crippen LogP contribution in [0.15, 0.2) is 0 Å². The molecule has 1 N–H and O–H groups in total. The lowest BCUT2D eigenvalue weighted by molar-refractivity contribution is -0.0181. The average Bonchev–Trinajstić information content (AvgIpc) is 2.52. The zero-order valence-electron chi connectivity index (χ0n) is 10.4. The number of hydrogen-bond acceptors (Lipinski definition) is 3. The summed E-state index contributed by atoms with van der Waals surface area (Å²) in [6, 6.07) is 1.22. The monoisotopic (exact) mass is 212 g/mol. The van der Waals surface area contributed by atoms with E-state index in [1.807, 2.05) is 0 Å². The van der Waals surface area contributed by atoms with Crippen molar-refractivity contribution in [3.8, 4) is 0 Å². The SMILES string of the molecule is CC1CN(C2(C)CCOC2C)C(C)CN1. The molecule has 0 aliphatic carbocycles. The number of rotatable bonds is 1. The third-order valence-corrected chi connectivity index (χ3v) is 4.27. The molecule has 2 aliphatic heterocycles. The molecule has 4 atom stereocenters. The molecule has 3 heteroatoms. The highest BCUT2D eigenvalue weighted by Gasteiger charge is 2.45. The summed E-state index contributed by atoms with van der Waals surface area (Å²) in [7, 11) is 0. The first-order valence-electron chi connectivity index (χ1n) is 6.16. The normalized spacial score (nSPS) is 48.4. The molecular formula is C12H24N2O. The number of nitrogens with one attached hydrogen (secondary N) is 1. The van der Waals surface area contributed by atoms with E-state index in [1.54, 1.807) is 0 Å². The molecule has 0 radical (unpaired) electrons. The van der Waals surface area contributed by atoms with Gasteiger partial charge in [-0.15, -0.1) is 0 Å². The summed E-state index contributed by atoms with van der Waals surface area (Å²) in [5.41, 5.74) is 0.246. The predicted octanol–water partition coefficient (Wildman–Crippen LogP) is 1.24.